The molecule has 0 aliphatic heterocycles. The van der Waals surface area contributed by atoms with Crippen molar-refractivity contribution in [3.63, 3.8) is 0 Å². The molecule has 2 heterocycles. The van der Waals surface area contributed by atoms with Crippen molar-refractivity contribution in [1.29, 1.82) is 0 Å². The van der Waals surface area contributed by atoms with Gasteiger partial charge in [-0.05, 0) is 52.6 Å². The van der Waals surface area contributed by atoms with Gasteiger partial charge in [0.25, 0.3) is 0 Å². The first-order valence-corrected chi connectivity index (χ1v) is 11.1. The highest BCUT2D eigenvalue weighted by Crippen LogP contribution is 2.42. The number of para-hydroxylation sites is 2. The minimum atomic E-state index is -0.262. The molecule has 0 radical (unpaired) electrons. The minimum absolute atomic E-state index is 0.262. The van der Waals surface area contributed by atoms with E-state index in [9.17, 15) is 0 Å². The fourth-order valence-corrected chi connectivity index (χ4v) is 4.71. The molecule has 2 nitrogen and oxygen atoms in total. The molecule has 0 amide bonds. The lowest BCUT2D eigenvalue weighted by atomic mass is 9.74. The summed E-state index contributed by atoms with van der Waals surface area (Å²) in [7, 11) is 0. The van der Waals surface area contributed by atoms with E-state index < -0.39 is 0 Å². The Morgan fingerprint density at radius 2 is 1.25 bits per heavy atom. The molecule has 2 heteroatoms. The SMILES string of the molecule is C(=Cc1ccccc1)C1=CCC(c2cc3ccccc3[nH]2)(c2cc3ccccc3[nH]2)C=C1. The molecule has 32 heavy (non-hydrogen) atoms. The lowest BCUT2D eigenvalue weighted by molar-refractivity contribution is 0.613. The fraction of sp³-hybridized carbons (Fsp3) is 0.0667. The molecule has 0 spiro atoms. The highest BCUT2D eigenvalue weighted by molar-refractivity contribution is 5.83. The molecule has 2 N–H and O–H groups in total. The van der Waals surface area contributed by atoms with E-state index in [0.717, 1.165) is 6.42 Å². The van der Waals surface area contributed by atoms with Gasteiger partial charge in [-0.15, -0.1) is 0 Å². The lowest BCUT2D eigenvalue weighted by Gasteiger charge is -2.31. The second-order valence-electron chi connectivity index (χ2n) is 8.50. The average Bonchev–Trinajstić information content (AvgIpc) is 3.49. The Hall–Kier alpha value is -4.04. The van der Waals surface area contributed by atoms with E-state index in [1.54, 1.807) is 0 Å². The van der Waals surface area contributed by atoms with Gasteiger partial charge in [0, 0.05) is 22.4 Å². The number of hydrogen-bond acceptors (Lipinski definition) is 0. The van der Waals surface area contributed by atoms with E-state index >= 15 is 0 Å². The molecule has 0 fully saturated rings. The van der Waals surface area contributed by atoms with Gasteiger partial charge < -0.3 is 9.97 Å². The van der Waals surface area contributed by atoms with Crippen molar-refractivity contribution in [2.24, 2.45) is 0 Å². The van der Waals surface area contributed by atoms with E-state index in [1.165, 1.54) is 44.3 Å². The summed E-state index contributed by atoms with van der Waals surface area (Å²) < 4.78 is 0. The van der Waals surface area contributed by atoms with Gasteiger partial charge in [-0.25, -0.2) is 0 Å². The van der Waals surface area contributed by atoms with Crippen LogP contribution in [0.5, 0.6) is 0 Å². The van der Waals surface area contributed by atoms with Crippen molar-refractivity contribution in [2.45, 2.75) is 11.8 Å². The normalized spacial score (nSPS) is 15.6. The molecule has 0 saturated heterocycles. The summed E-state index contributed by atoms with van der Waals surface area (Å²) in [6, 6.07) is 32.0. The van der Waals surface area contributed by atoms with Crippen LogP contribution in [0.3, 0.4) is 0 Å². The van der Waals surface area contributed by atoms with Crippen molar-refractivity contribution in [1.82, 2.24) is 9.97 Å². The van der Waals surface area contributed by atoms with E-state index in [0.29, 0.717) is 0 Å². The highest BCUT2D eigenvalue weighted by atomic mass is 14.8. The maximum atomic E-state index is 3.70. The highest BCUT2D eigenvalue weighted by Gasteiger charge is 2.35. The van der Waals surface area contributed by atoms with Crippen LogP contribution in [-0.2, 0) is 5.41 Å². The van der Waals surface area contributed by atoms with Crippen molar-refractivity contribution in [3.8, 4) is 0 Å². The Bertz CT molecular complexity index is 1350. The smallest absolute Gasteiger partial charge is 0.0721 e. The second-order valence-corrected chi connectivity index (χ2v) is 8.50. The predicted molar refractivity (Wildman–Crippen MR) is 135 cm³/mol. The number of nitrogens with one attached hydrogen (secondary N) is 2. The zero-order valence-corrected chi connectivity index (χ0v) is 17.8. The van der Waals surface area contributed by atoms with Gasteiger partial charge in [-0.3, -0.25) is 0 Å². The average molecular weight is 413 g/mol. The van der Waals surface area contributed by atoms with E-state index in [1.807, 2.05) is 6.07 Å². The number of aromatic nitrogens is 2. The van der Waals surface area contributed by atoms with Gasteiger partial charge in [0.2, 0.25) is 0 Å². The number of aromatic amines is 2. The molecule has 6 rings (SSSR count). The third-order valence-corrected chi connectivity index (χ3v) is 6.51. The number of allylic oxidation sites excluding steroid dienone is 5. The molecule has 0 atom stereocenters. The number of fused-ring (bicyclic) bond motifs is 2. The fourth-order valence-electron chi connectivity index (χ4n) is 4.71. The molecular weight excluding hydrogens is 388 g/mol. The topological polar surface area (TPSA) is 31.6 Å². The van der Waals surface area contributed by atoms with E-state index in [4.69, 9.17) is 0 Å². The first-order chi connectivity index (χ1) is 15.8. The molecule has 3 aromatic carbocycles. The summed E-state index contributed by atoms with van der Waals surface area (Å²) in [5.74, 6) is 0. The van der Waals surface area contributed by atoms with Crippen LogP contribution in [-0.4, -0.2) is 9.97 Å². The Morgan fingerprint density at radius 1 is 0.656 bits per heavy atom. The van der Waals surface area contributed by atoms with Gasteiger partial charge in [-0.2, -0.15) is 0 Å². The summed E-state index contributed by atoms with van der Waals surface area (Å²) in [6.45, 7) is 0. The summed E-state index contributed by atoms with van der Waals surface area (Å²) in [6.07, 6.45) is 12.2. The van der Waals surface area contributed by atoms with Crippen LogP contribution in [0.4, 0.5) is 0 Å². The third-order valence-electron chi connectivity index (χ3n) is 6.51. The number of hydrogen-bond donors (Lipinski definition) is 2. The zero-order chi connectivity index (χ0) is 21.4. The van der Waals surface area contributed by atoms with Crippen LogP contribution in [0.2, 0.25) is 0 Å². The molecule has 0 unspecified atom stereocenters. The van der Waals surface area contributed by atoms with Crippen LogP contribution in [0.1, 0.15) is 23.4 Å². The number of benzene rings is 3. The molecule has 2 aromatic heterocycles. The maximum Gasteiger partial charge on any atom is 0.0721 e. The Labute approximate surface area is 187 Å². The monoisotopic (exact) mass is 412 g/mol. The van der Waals surface area contributed by atoms with Crippen LogP contribution in [0.25, 0.3) is 27.9 Å². The van der Waals surface area contributed by atoms with Gasteiger partial charge in [-0.1, -0.05) is 97.1 Å². The van der Waals surface area contributed by atoms with Gasteiger partial charge >= 0.3 is 0 Å². The summed E-state index contributed by atoms with van der Waals surface area (Å²) >= 11 is 0. The van der Waals surface area contributed by atoms with E-state index in [2.05, 4.69) is 125 Å². The quantitative estimate of drug-likeness (QED) is 0.306. The molecule has 0 saturated carbocycles. The molecule has 154 valence electrons. The minimum Gasteiger partial charge on any atom is -0.357 e. The van der Waals surface area contributed by atoms with Crippen LogP contribution >= 0.6 is 0 Å². The molecular formula is C30H24N2. The zero-order valence-electron chi connectivity index (χ0n) is 17.8. The lowest BCUT2D eigenvalue weighted by Crippen LogP contribution is -2.27. The molecule has 5 aromatic rings. The summed E-state index contributed by atoms with van der Waals surface area (Å²) in [5, 5.41) is 2.48. The van der Waals surface area contributed by atoms with E-state index in [-0.39, 0.29) is 5.41 Å². The van der Waals surface area contributed by atoms with Crippen molar-refractivity contribution in [2.75, 3.05) is 0 Å². The second kappa shape index (κ2) is 7.58. The standard InChI is InChI=1S/C30H24N2/c1-2-8-22(9-3-1)14-15-23-16-18-30(19-17-23,28-20-24-10-4-6-12-26(24)31-28)29-21-25-11-5-7-13-27(25)32-29/h1-18,20-21,31-32H,19H2. The van der Waals surface area contributed by atoms with Crippen LogP contribution in [0.15, 0.2) is 121 Å². The Kier molecular flexibility index (Phi) is 4.43. The van der Waals surface area contributed by atoms with Gasteiger partial charge in [0.1, 0.15) is 0 Å². The van der Waals surface area contributed by atoms with Gasteiger partial charge in [0.15, 0.2) is 0 Å². The Morgan fingerprint density at radius 3 is 1.81 bits per heavy atom. The van der Waals surface area contributed by atoms with Crippen molar-refractivity contribution < 1.29 is 0 Å². The summed E-state index contributed by atoms with van der Waals surface area (Å²) in [4.78, 5) is 7.41. The van der Waals surface area contributed by atoms with Crippen molar-refractivity contribution in [3.05, 3.63) is 138 Å². The molecule has 1 aliphatic carbocycles. The number of H-pyrrole nitrogens is 2. The predicted octanol–water partition coefficient (Wildman–Crippen LogP) is 7.54. The third kappa shape index (κ3) is 3.21. The van der Waals surface area contributed by atoms with Crippen molar-refractivity contribution >= 4 is 27.9 Å². The number of rotatable bonds is 4. The maximum absolute atomic E-state index is 3.70. The first-order valence-electron chi connectivity index (χ1n) is 11.1. The van der Waals surface area contributed by atoms with Crippen LogP contribution < -0.4 is 0 Å². The Balaban J connectivity index is 1.43. The van der Waals surface area contributed by atoms with Gasteiger partial charge in [0.05, 0.1) is 5.41 Å². The first kappa shape index (κ1) is 18.7. The largest absolute Gasteiger partial charge is 0.357 e. The molecule has 0 bridgehead atoms. The van der Waals surface area contributed by atoms with Crippen LogP contribution in [0, 0.1) is 0 Å². The molecule has 1 aliphatic rings. The summed E-state index contributed by atoms with van der Waals surface area (Å²) in [5.41, 5.74) is 6.95.